The van der Waals surface area contributed by atoms with Gasteiger partial charge in [-0.1, -0.05) is 55.9 Å². The number of thioether (sulfide) groups is 1. The number of carbonyl (C=O) groups is 1. The van der Waals surface area contributed by atoms with E-state index in [0.29, 0.717) is 30.6 Å². The summed E-state index contributed by atoms with van der Waals surface area (Å²) in [5, 5.41) is 12.5. The number of hydrogen-bond acceptors (Lipinski definition) is 6. The molecule has 0 saturated heterocycles. The maximum absolute atomic E-state index is 12.1. The molecule has 3 aromatic rings. The molecule has 3 rings (SSSR count). The standard InChI is InChI=1S/C22H30N6OS/c1-16(2)14-24-20-18-15-25-28(21(18)27-22(26-20)30-3)13-12-23-19(29)11-7-10-17-8-5-4-6-9-17/h4-6,8-9,15-16H,7,10-14H2,1-3H3,(H,23,29)(H,24,26,27). The maximum atomic E-state index is 12.1. The number of amides is 1. The molecule has 1 aromatic carbocycles. The van der Waals surface area contributed by atoms with Gasteiger partial charge in [0, 0.05) is 19.5 Å². The van der Waals surface area contributed by atoms with Gasteiger partial charge in [0.2, 0.25) is 5.91 Å². The Labute approximate surface area is 182 Å². The minimum Gasteiger partial charge on any atom is -0.369 e. The zero-order valence-electron chi connectivity index (χ0n) is 17.9. The number of carbonyl (C=O) groups excluding carboxylic acids is 1. The van der Waals surface area contributed by atoms with Crippen molar-refractivity contribution in [2.24, 2.45) is 5.92 Å². The van der Waals surface area contributed by atoms with Gasteiger partial charge in [-0.25, -0.2) is 14.6 Å². The number of nitrogens with zero attached hydrogens (tertiary/aromatic N) is 4. The van der Waals surface area contributed by atoms with Crippen molar-refractivity contribution in [1.82, 2.24) is 25.1 Å². The molecule has 8 heteroatoms. The van der Waals surface area contributed by atoms with E-state index >= 15 is 0 Å². The van der Waals surface area contributed by atoms with Crippen molar-refractivity contribution < 1.29 is 4.79 Å². The van der Waals surface area contributed by atoms with Crippen LogP contribution in [0.1, 0.15) is 32.3 Å². The minimum atomic E-state index is 0.0705. The molecule has 7 nitrogen and oxygen atoms in total. The van der Waals surface area contributed by atoms with Gasteiger partial charge in [-0.15, -0.1) is 0 Å². The van der Waals surface area contributed by atoms with Gasteiger partial charge in [0.1, 0.15) is 5.82 Å². The third-order valence-electron chi connectivity index (χ3n) is 4.69. The van der Waals surface area contributed by atoms with E-state index in [-0.39, 0.29) is 5.91 Å². The number of anilines is 1. The molecule has 0 aliphatic carbocycles. The topological polar surface area (TPSA) is 84.7 Å². The quantitative estimate of drug-likeness (QED) is 0.359. The number of hydrogen-bond donors (Lipinski definition) is 2. The zero-order valence-corrected chi connectivity index (χ0v) is 18.7. The van der Waals surface area contributed by atoms with Gasteiger partial charge in [-0.2, -0.15) is 5.10 Å². The molecule has 160 valence electrons. The zero-order chi connectivity index (χ0) is 21.3. The van der Waals surface area contributed by atoms with Crippen LogP contribution in [0, 0.1) is 5.92 Å². The van der Waals surface area contributed by atoms with E-state index in [0.717, 1.165) is 36.2 Å². The largest absolute Gasteiger partial charge is 0.369 e. The summed E-state index contributed by atoms with van der Waals surface area (Å²) in [5.41, 5.74) is 2.05. The summed E-state index contributed by atoms with van der Waals surface area (Å²) >= 11 is 1.51. The molecule has 0 spiro atoms. The number of fused-ring (bicyclic) bond motifs is 1. The Morgan fingerprint density at radius 1 is 1.20 bits per heavy atom. The summed E-state index contributed by atoms with van der Waals surface area (Å²) in [7, 11) is 0. The fraction of sp³-hybridized carbons (Fsp3) is 0.455. The molecular formula is C22H30N6OS. The molecule has 2 heterocycles. The van der Waals surface area contributed by atoms with Crippen LogP contribution in [0.4, 0.5) is 5.82 Å². The SMILES string of the molecule is CSc1nc(NCC(C)C)c2cnn(CCNC(=O)CCCc3ccccc3)c2n1. The van der Waals surface area contributed by atoms with Crippen molar-refractivity contribution in [1.29, 1.82) is 0 Å². The Balaban J connectivity index is 1.54. The molecule has 0 aliphatic rings. The summed E-state index contributed by atoms with van der Waals surface area (Å²) in [6, 6.07) is 10.2. The van der Waals surface area contributed by atoms with E-state index in [1.165, 1.54) is 17.3 Å². The Bertz CT molecular complexity index is 957. The van der Waals surface area contributed by atoms with Gasteiger partial charge in [-0.05, 0) is 30.6 Å². The molecule has 0 unspecified atom stereocenters. The van der Waals surface area contributed by atoms with Crippen LogP contribution in [0.25, 0.3) is 11.0 Å². The van der Waals surface area contributed by atoms with Crippen LogP contribution in [-0.4, -0.2) is 45.0 Å². The summed E-state index contributed by atoms with van der Waals surface area (Å²) < 4.78 is 1.83. The molecule has 30 heavy (non-hydrogen) atoms. The fourth-order valence-corrected chi connectivity index (χ4v) is 3.47. The Morgan fingerprint density at radius 2 is 2.00 bits per heavy atom. The Morgan fingerprint density at radius 3 is 2.73 bits per heavy atom. The molecule has 0 radical (unpaired) electrons. The summed E-state index contributed by atoms with van der Waals surface area (Å²) in [6.07, 6.45) is 6.04. The third-order valence-corrected chi connectivity index (χ3v) is 5.24. The van der Waals surface area contributed by atoms with Crippen molar-refractivity contribution in [2.45, 2.75) is 44.8 Å². The lowest BCUT2D eigenvalue weighted by Gasteiger charge is -2.11. The number of aryl methyl sites for hydroxylation is 1. The van der Waals surface area contributed by atoms with E-state index < -0.39 is 0 Å². The monoisotopic (exact) mass is 426 g/mol. The molecule has 2 N–H and O–H groups in total. The number of aromatic nitrogens is 4. The van der Waals surface area contributed by atoms with Gasteiger partial charge in [-0.3, -0.25) is 4.79 Å². The molecule has 1 amide bonds. The average Bonchev–Trinajstić information content (AvgIpc) is 3.15. The first-order valence-electron chi connectivity index (χ1n) is 10.4. The average molecular weight is 427 g/mol. The van der Waals surface area contributed by atoms with Crippen LogP contribution in [-0.2, 0) is 17.8 Å². The lowest BCUT2D eigenvalue weighted by Crippen LogP contribution is -2.27. The highest BCUT2D eigenvalue weighted by atomic mass is 32.2. The highest BCUT2D eigenvalue weighted by Gasteiger charge is 2.13. The van der Waals surface area contributed by atoms with Gasteiger partial charge < -0.3 is 10.6 Å². The van der Waals surface area contributed by atoms with Crippen LogP contribution < -0.4 is 10.6 Å². The lowest BCUT2D eigenvalue weighted by atomic mass is 10.1. The fourth-order valence-electron chi connectivity index (χ4n) is 3.11. The van der Waals surface area contributed by atoms with Gasteiger partial charge in [0.25, 0.3) is 0 Å². The molecule has 2 aromatic heterocycles. The van der Waals surface area contributed by atoms with Crippen LogP contribution in [0.2, 0.25) is 0 Å². The second-order valence-corrected chi connectivity index (χ2v) is 8.40. The molecule has 0 fully saturated rings. The highest BCUT2D eigenvalue weighted by molar-refractivity contribution is 7.98. The minimum absolute atomic E-state index is 0.0705. The van der Waals surface area contributed by atoms with E-state index in [9.17, 15) is 4.79 Å². The first-order valence-corrected chi connectivity index (χ1v) is 11.6. The van der Waals surface area contributed by atoms with Crippen LogP contribution >= 0.6 is 11.8 Å². The normalized spacial score (nSPS) is 11.2. The van der Waals surface area contributed by atoms with Gasteiger partial charge in [0.05, 0.1) is 18.1 Å². The van der Waals surface area contributed by atoms with E-state index in [4.69, 9.17) is 0 Å². The summed E-state index contributed by atoms with van der Waals surface area (Å²) in [5.74, 6) is 1.40. The van der Waals surface area contributed by atoms with Crippen molar-refractivity contribution in [3.05, 3.63) is 42.1 Å². The Hall–Kier alpha value is -2.61. The van der Waals surface area contributed by atoms with Crippen LogP contribution in [0.15, 0.2) is 41.7 Å². The molecular weight excluding hydrogens is 396 g/mol. The third kappa shape index (κ3) is 6.19. The maximum Gasteiger partial charge on any atom is 0.220 e. The first-order chi connectivity index (χ1) is 14.6. The van der Waals surface area contributed by atoms with Crippen LogP contribution in [0.5, 0.6) is 0 Å². The summed E-state index contributed by atoms with van der Waals surface area (Å²) in [6.45, 7) is 6.25. The predicted octanol–water partition coefficient (Wildman–Crippen LogP) is 3.76. The first kappa shape index (κ1) is 22.1. The van der Waals surface area contributed by atoms with Gasteiger partial charge in [0.15, 0.2) is 10.8 Å². The van der Waals surface area contributed by atoms with Crippen molar-refractivity contribution >= 4 is 34.5 Å². The Kier molecular flexibility index (Phi) is 8.07. The van der Waals surface area contributed by atoms with E-state index in [1.54, 1.807) is 6.20 Å². The molecule has 0 saturated carbocycles. The number of rotatable bonds is 11. The van der Waals surface area contributed by atoms with Crippen LogP contribution in [0.3, 0.4) is 0 Å². The van der Waals surface area contributed by atoms with E-state index in [1.807, 2.05) is 29.1 Å². The molecule has 0 atom stereocenters. The molecule has 0 bridgehead atoms. The van der Waals surface area contributed by atoms with Crippen molar-refractivity contribution in [2.75, 3.05) is 24.7 Å². The second-order valence-electron chi connectivity index (χ2n) is 7.63. The predicted molar refractivity (Wildman–Crippen MR) is 123 cm³/mol. The number of nitrogens with one attached hydrogen (secondary N) is 2. The second kappa shape index (κ2) is 11.0. The number of benzene rings is 1. The van der Waals surface area contributed by atoms with Crippen molar-refractivity contribution in [3.63, 3.8) is 0 Å². The lowest BCUT2D eigenvalue weighted by molar-refractivity contribution is -0.121. The van der Waals surface area contributed by atoms with Crippen molar-refractivity contribution in [3.8, 4) is 0 Å². The van der Waals surface area contributed by atoms with Gasteiger partial charge >= 0.3 is 0 Å². The smallest absolute Gasteiger partial charge is 0.220 e. The molecule has 0 aliphatic heterocycles. The summed E-state index contributed by atoms with van der Waals surface area (Å²) in [4.78, 5) is 21.4. The van der Waals surface area contributed by atoms with E-state index in [2.05, 4.69) is 51.7 Å². The highest BCUT2D eigenvalue weighted by Crippen LogP contribution is 2.23.